The molecule has 1 aromatic rings. The van der Waals surface area contributed by atoms with Crippen molar-refractivity contribution in [3.63, 3.8) is 0 Å². The molecule has 0 atom stereocenters. The number of piperidine rings is 1. The van der Waals surface area contributed by atoms with E-state index in [2.05, 4.69) is 39.6 Å². The van der Waals surface area contributed by atoms with Gasteiger partial charge in [-0.1, -0.05) is 6.07 Å². The summed E-state index contributed by atoms with van der Waals surface area (Å²) in [4.78, 5) is 11.8. The van der Waals surface area contributed by atoms with Crippen molar-refractivity contribution < 1.29 is 9.47 Å². The van der Waals surface area contributed by atoms with Gasteiger partial charge in [0.05, 0.1) is 17.8 Å². The van der Waals surface area contributed by atoms with Crippen LogP contribution in [-0.2, 0) is 16.0 Å². The summed E-state index contributed by atoms with van der Waals surface area (Å²) in [5.41, 5.74) is 0.956. The number of nitrogens with zero attached hydrogens (tertiary/aromatic N) is 3. The third-order valence-electron chi connectivity index (χ3n) is 5.75. The predicted molar refractivity (Wildman–Crippen MR) is 127 cm³/mol. The fraction of sp³-hybridized carbons (Fsp3) is 0.714. The Bertz CT molecular complexity index is 602. The predicted octanol–water partition coefficient (Wildman–Crippen LogP) is 2.41. The first-order chi connectivity index (χ1) is 13.7. The molecule has 2 aliphatic heterocycles. The molecular formula is C21H36IN5O2. The van der Waals surface area contributed by atoms with Gasteiger partial charge in [-0.3, -0.25) is 14.9 Å². The van der Waals surface area contributed by atoms with E-state index in [9.17, 15) is 0 Å². The Morgan fingerprint density at radius 2 is 2.07 bits per heavy atom. The fourth-order valence-corrected chi connectivity index (χ4v) is 3.86. The summed E-state index contributed by atoms with van der Waals surface area (Å²) in [6.45, 7) is 8.21. The Labute approximate surface area is 192 Å². The minimum atomic E-state index is -0.188. The molecule has 0 amide bonds. The molecule has 2 saturated heterocycles. The third-order valence-corrected chi connectivity index (χ3v) is 5.75. The number of nitrogens with one attached hydrogen (secondary N) is 2. The van der Waals surface area contributed by atoms with Crippen LogP contribution in [0.25, 0.3) is 0 Å². The number of likely N-dealkylation sites (tertiary alicyclic amines) is 1. The van der Waals surface area contributed by atoms with E-state index in [4.69, 9.17) is 14.5 Å². The van der Waals surface area contributed by atoms with E-state index in [-0.39, 0.29) is 29.6 Å². The van der Waals surface area contributed by atoms with Crippen molar-refractivity contribution in [3.8, 4) is 0 Å². The normalized spacial score (nSPS) is 20.7. The van der Waals surface area contributed by atoms with Crippen LogP contribution in [-0.4, -0.2) is 74.0 Å². The maximum absolute atomic E-state index is 5.81. The van der Waals surface area contributed by atoms with Gasteiger partial charge in [-0.05, 0) is 31.9 Å². The number of rotatable bonds is 7. The molecule has 0 unspecified atom stereocenters. The van der Waals surface area contributed by atoms with E-state index in [1.54, 1.807) is 7.11 Å². The van der Waals surface area contributed by atoms with Gasteiger partial charge in [0.1, 0.15) is 0 Å². The Morgan fingerprint density at radius 1 is 1.31 bits per heavy atom. The monoisotopic (exact) mass is 517 g/mol. The second-order valence-corrected chi connectivity index (χ2v) is 7.71. The van der Waals surface area contributed by atoms with Gasteiger partial charge in [0.2, 0.25) is 0 Å². The quantitative estimate of drug-likeness (QED) is 0.329. The highest BCUT2D eigenvalue weighted by Crippen LogP contribution is 2.24. The standard InChI is InChI=1S/C21H35N5O2.HI/c1-3-22-20(24-17-21(27-2)9-14-28-15-10-21)25-18-7-12-26(13-8-18)16-19-6-4-5-11-23-19;/h4-6,11,18H,3,7-10,12-17H2,1-2H3,(H2,22,24,25);1H. The van der Waals surface area contributed by atoms with E-state index in [1.165, 1.54) is 0 Å². The lowest BCUT2D eigenvalue weighted by Crippen LogP contribution is -2.49. The number of halogens is 1. The first-order valence-corrected chi connectivity index (χ1v) is 10.5. The van der Waals surface area contributed by atoms with E-state index < -0.39 is 0 Å². The average molecular weight is 517 g/mol. The van der Waals surface area contributed by atoms with Crippen LogP contribution in [0.4, 0.5) is 0 Å². The van der Waals surface area contributed by atoms with Crippen LogP contribution in [0.2, 0.25) is 0 Å². The SMILES string of the molecule is CCNC(=NCC1(OC)CCOCC1)NC1CCN(Cc2ccccn2)CC1.I. The van der Waals surface area contributed by atoms with E-state index in [1.807, 2.05) is 12.3 Å². The zero-order chi connectivity index (χ0) is 19.7. The van der Waals surface area contributed by atoms with Crippen molar-refractivity contribution in [2.75, 3.05) is 46.5 Å². The van der Waals surface area contributed by atoms with Crippen molar-refractivity contribution in [2.45, 2.75) is 50.8 Å². The van der Waals surface area contributed by atoms with Gasteiger partial charge in [-0.15, -0.1) is 24.0 Å². The number of ether oxygens (including phenoxy) is 2. The van der Waals surface area contributed by atoms with Crippen molar-refractivity contribution in [1.82, 2.24) is 20.5 Å². The number of hydrogen-bond acceptors (Lipinski definition) is 5. The summed E-state index contributed by atoms with van der Waals surface area (Å²) in [5, 5.41) is 7.02. The summed E-state index contributed by atoms with van der Waals surface area (Å²) in [7, 11) is 1.79. The molecule has 2 fully saturated rings. The molecule has 0 radical (unpaired) electrons. The Balaban J connectivity index is 0.00000300. The second-order valence-electron chi connectivity index (χ2n) is 7.71. The Morgan fingerprint density at radius 3 is 2.69 bits per heavy atom. The largest absolute Gasteiger partial charge is 0.381 e. The summed E-state index contributed by atoms with van der Waals surface area (Å²) < 4.78 is 11.3. The Hall–Kier alpha value is -0.970. The molecule has 0 aliphatic carbocycles. The molecule has 2 N–H and O–H groups in total. The molecule has 29 heavy (non-hydrogen) atoms. The highest BCUT2D eigenvalue weighted by atomic mass is 127. The Kier molecular flexibility index (Phi) is 10.6. The van der Waals surface area contributed by atoms with Crippen molar-refractivity contribution in [2.24, 2.45) is 4.99 Å². The smallest absolute Gasteiger partial charge is 0.191 e. The molecule has 3 rings (SSSR count). The topological polar surface area (TPSA) is 71.0 Å². The summed E-state index contributed by atoms with van der Waals surface area (Å²) >= 11 is 0. The molecule has 7 nitrogen and oxygen atoms in total. The molecule has 3 heterocycles. The van der Waals surface area contributed by atoms with Crippen molar-refractivity contribution in [3.05, 3.63) is 30.1 Å². The van der Waals surface area contributed by atoms with Gasteiger partial charge in [0.25, 0.3) is 0 Å². The number of aliphatic imine (C=N–C) groups is 1. The highest BCUT2D eigenvalue weighted by molar-refractivity contribution is 14.0. The van der Waals surface area contributed by atoms with E-state index in [0.29, 0.717) is 12.6 Å². The van der Waals surface area contributed by atoms with Crippen LogP contribution >= 0.6 is 24.0 Å². The molecule has 0 bridgehead atoms. The minimum Gasteiger partial charge on any atom is -0.381 e. The second kappa shape index (κ2) is 12.7. The van der Waals surface area contributed by atoms with Crippen LogP contribution in [0.1, 0.15) is 38.3 Å². The zero-order valence-corrected chi connectivity index (χ0v) is 20.1. The van der Waals surface area contributed by atoms with E-state index >= 15 is 0 Å². The van der Waals surface area contributed by atoms with E-state index in [0.717, 1.165) is 76.7 Å². The molecule has 164 valence electrons. The van der Waals surface area contributed by atoms with Gasteiger partial charge in [0.15, 0.2) is 5.96 Å². The number of pyridine rings is 1. The molecular weight excluding hydrogens is 481 g/mol. The first kappa shape index (κ1) is 24.3. The molecule has 0 spiro atoms. The molecule has 8 heteroatoms. The van der Waals surface area contributed by atoms with Gasteiger partial charge in [-0.25, -0.2) is 0 Å². The molecule has 0 saturated carbocycles. The fourth-order valence-electron chi connectivity index (χ4n) is 3.86. The number of hydrogen-bond donors (Lipinski definition) is 2. The van der Waals surface area contributed by atoms with Gasteiger partial charge < -0.3 is 20.1 Å². The van der Waals surface area contributed by atoms with Crippen LogP contribution in [0.15, 0.2) is 29.4 Å². The summed E-state index contributed by atoms with van der Waals surface area (Å²) in [6, 6.07) is 6.57. The number of aromatic nitrogens is 1. The number of guanidine groups is 1. The lowest BCUT2D eigenvalue weighted by molar-refractivity contribution is -0.0828. The maximum Gasteiger partial charge on any atom is 0.191 e. The van der Waals surface area contributed by atoms with Gasteiger partial charge in [0, 0.05) is 71.6 Å². The highest BCUT2D eigenvalue weighted by Gasteiger charge is 2.32. The third kappa shape index (κ3) is 7.66. The average Bonchev–Trinajstić information content (AvgIpc) is 2.75. The lowest BCUT2D eigenvalue weighted by Gasteiger charge is -2.35. The van der Waals surface area contributed by atoms with Crippen LogP contribution in [0.3, 0.4) is 0 Å². The van der Waals surface area contributed by atoms with Crippen molar-refractivity contribution in [1.29, 1.82) is 0 Å². The first-order valence-electron chi connectivity index (χ1n) is 10.5. The summed E-state index contributed by atoms with van der Waals surface area (Å²) in [5.74, 6) is 0.897. The maximum atomic E-state index is 5.81. The van der Waals surface area contributed by atoms with Gasteiger partial charge in [-0.2, -0.15) is 0 Å². The zero-order valence-electron chi connectivity index (χ0n) is 17.7. The van der Waals surface area contributed by atoms with Crippen LogP contribution in [0, 0.1) is 0 Å². The van der Waals surface area contributed by atoms with Crippen LogP contribution < -0.4 is 10.6 Å². The molecule has 1 aromatic heterocycles. The summed E-state index contributed by atoms with van der Waals surface area (Å²) in [6.07, 6.45) is 5.89. The lowest BCUT2D eigenvalue weighted by atomic mass is 9.94. The van der Waals surface area contributed by atoms with Crippen molar-refractivity contribution >= 4 is 29.9 Å². The van der Waals surface area contributed by atoms with Crippen LogP contribution in [0.5, 0.6) is 0 Å². The molecule has 2 aliphatic rings. The minimum absolute atomic E-state index is 0. The number of methoxy groups -OCH3 is 1. The van der Waals surface area contributed by atoms with Gasteiger partial charge >= 0.3 is 0 Å². The molecule has 0 aromatic carbocycles.